The number of benzene rings is 9. The van der Waals surface area contributed by atoms with Crippen molar-refractivity contribution >= 4 is 141 Å². The number of para-hydroxylation sites is 7. The third kappa shape index (κ3) is 23.3. The summed E-state index contributed by atoms with van der Waals surface area (Å²) in [5.41, 5.74) is 21.4. The molecule has 640 valence electrons. The minimum absolute atomic E-state index is 0. The van der Waals surface area contributed by atoms with E-state index in [1.807, 2.05) is 159 Å². The number of nitriles is 5. The summed E-state index contributed by atoms with van der Waals surface area (Å²) in [6.45, 7) is 25.2. The fourth-order valence-corrected chi connectivity index (χ4v) is 19.5. The Balaban J connectivity index is 0.000000203. The van der Waals surface area contributed by atoms with E-state index in [1.54, 1.807) is 72.1 Å². The zero-order valence-corrected chi connectivity index (χ0v) is 75.7. The number of carbonyl (C=O) groups excluding carboxylic acids is 2. The first kappa shape index (κ1) is 99.1. The smallest absolute Gasteiger partial charge is 0.256 e. The number of thiocarbonyl (C=S) groups is 1. The lowest BCUT2D eigenvalue weighted by molar-refractivity contribution is -0.670. The number of likely N-dealkylation sites (N-methyl/N-ethyl adjacent to an activating group) is 3. The molecule has 11 aromatic rings. The number of thiazole rings is 2. The van der Waals surface area contributed by atoms with Crippen molar-refractivity contribution in [2.75, 3.05) is 59.6 Å². The Kier molecular flexibility index (Phi) is 36.0. The minimum atomic E-state index is -3.83. The summed E-state index contributed by atoms with van der Waals surface area (Å²) < 4.78 is 34.5. The van der Waals surface area contributed by atoms with Gasteiger partial charge in [0.25, 0.3) is 10.9 Å². The standard InChI is InChI=1S/C22H16N2O3S2.C20H20N2OS.C13H14N2.C12H15N.C11H11N2S.C9H6N2S.C6H7NS.C5H8N2O.2CH4/c1-2-24-17-10-4-5-11-18(17)28-22(24)15(14-23)8-7-13-20-21(25)16-9-3-6-12-19(16)29(20,26)27;1-20(2)15-11-7-8-12-16(15)22(3)17(20)13-18(24)21-19(23)14-9-5-4-6-10-14;1-13(2)10-6-4-5-7-11(10)15(3)12(13)8-9-14;1-9-12(2,3)10-7-5-6-8-11(10)13(9)4;1-2-13-9-5-3-4-6-10(9)14-11(13)7-8-12;10-6-5-9-11-7-3-1-2-4-8(7)12-9;7-5-3-1-2-4-6(5)8;1-2-8-5(7)3-4-6;;/h3-13H,2H2,1H3;4-13H,1-3H3,(H,21,23,24);4-8H,1-3H3;5-8H,1H2,2-4H3;3-6H,2,7H2,1H3;1-4H,5H2;1-4,8H,7H2;7H,2-3H2,1H3;2*1H4/q;;;;+1;;;;;/b8-7+,20-13-,22-15+;17-13-;12-8-;;;;;;;. The van der Waals surface area contributed by atoms with Crippen LogP contribution in [0.15, 0.2) is 309 Å². The number of carbonyl (C=O) groups is 2. The lowest BCUT2D eigenvalue weighted by Crippen LogP contribution is -2.34. The first-order valence-corrected chi connectivity index (χ1v) is 44.2. The molecule has 0 aliphatic carbocycles. The van der Waals surface area contributed by atoms with E-state index in [2.05, 4.69) is 194 Å². The van der Waals surface area contributed by atoms with Gasteiger partial charge in [0, 0.05) is 117 Å². The fourth-order valence-electron chi connectivity index (χ4n) is 14.4. The highest BCUT2D eigenvalue weighted by atomic mass is 32.2. The van der Waals surface area contributed by atoms with Gasteiger partial charge in [-0.2, -0.15) is 30.9 Å². The van der Waals surface area contributed by atoms with Gasteiger partial charge >= 0.3 is 0 Å². The van der Waals surface area contributed by atoms with Crippen LogP contribution in [0.5, 0.6) is 0 Å². The molecule has 0 radical (unpaired) electrons. The Morgan fingerprint density at radius 1 is 0.656 bits per heavy atom. The van der Waals surface area contributed by atoms with Crippen LogP contribution in [0.2, 0.25) is 0 Å². The molecule has 0 bridgehead atoms. The molecule has 0 saturated heterocycles. The van der Waals surface area contributed by atoms with E-state index in [-0.39, 0.29) is 64.7 Å². The van der Waals surface area contributed by atoms with Gasteiger partial charge in [-0.15, -0.1) is 24.0 Å². The van der Waals surface area contributed by atoms with E-state index < -0.39 is 15.6 Å². The van der Waals surface area contributed by atoms with Crippen LogP contribution in [0.25, 0.3) is 20.4 Å². The summed E-state index contributed by atoms with van der Waals surface area (Å²) in [5.74, 6) is -0.655. The van der Waals surface area contributed by atoms with Gasteiger partial charge in [0.1, 0.15) is 45.1 Å². The van der Waals surface area contributed by atoms with Crippen molar-refractivity contribution in [1.29, 1.82) is 31.7 Å². The number of rotatable bonds is 10. The summed E-state index contributed by atoms with van der Waals surface area (Å²) >= 11 is 14.3. The molecule has 9 aromatic carbocycles. The number of nitrogen functional groups attached to an aromatic ring is 1. The Labute approximate surface area is 759 Å². The zero-order chi connectivity index (χ0) is 89.3. The summed E-state index contributed by atoms with van der Waals surface area (Å²) in [6, 6.07) is 82.4. The summed E-state index contributed by atoms with van der Waals surface area (Å²) in [5, 5.41) is 56.1. The number of nitrogens with two attached hydrogens (primary N) is 1. The van der Waals surface area contributed by atoms with Crippen molar-refractivity contribution in [3.8, 4) is 30.3 Å². The average Bonchev–Trinajstić information content (AvgIpc) is 1.61. The van der Waals surface area contributed by atoms with Gasteiger partial charge in [0.15, 0.2) is 5.90 Å². The number of aryl methyl sites for hydroxylation is 1. The Bertz CT molecular complexity index is 6230. The number of thioether (sulfide) groups is 1. The number of ether oxygens (including phenoxy) is 1. The van der Waals surface area contributed by atoms with E-state index in [1.165, 1.54) is 85.7 Å². The molecule has 25 heteroatoms. The number of nitrogens with zero attached hydrogens (tertiary/aromatic N) is 11. The number of Topliss-reactive ketones (excluding diaryl/α,β-unsaturated/α-hetero) is 1. The second-order valence-corrected chi connectivity index (χ2v) is 35.6. The molecule has 0 atom stereocenters. The third-order valence-corrected chi connectivity index (χ3v) is 26.6. The number of hydrogen-bond donors (Lipinski definition) is 4. The normalized spacial score (nSPS) is 15.4. The van der Waals surface area contributed by atoms with E-state index in [0.29, 0.717) is 42.1 Å². The maximum absolute atomic E-state index is 12.6. The van der Waals surface area contributed by atoms with E-state index in [0.717, 1.165) is 64.4 Å². The number of allylic oxidation sites excluding steroid dienone is 9. The molecule has 0 saturated carbocycles. The Morgan fingerprint density at radius 2 is 1.18 bits per heavy atom. The number of aromatic nitrogens is 2. The molecule has 2 aromatic heterocycles. The molecule has 19 nitrogen and oxygen atoms in total. The second-order valence-electron chi connectivity index (χ2n) is 29.5. The van der Waals surface area contributed by atoms with Crippen LogP contribution in [0, 0.1) is 62.1 Å². The highest BCUT2D eigenvalue weighted by Gasteiger charge is 2.41. The van der Waals surface area contributed by atoms with Crippen molar-refractivity contribution in [3.05, 3.63) is 332 Å². The highest BCUT2D eigenvalue weighted by Crippen LogP contribution is 2.50. The van der Waals surface area contributed by atoms with Crippen molar-refractivity contribution in [2.45, 2.75) is 134 Å². The molecule has 0 unspecified atom stereocenters. The lowest BCUT2D eigenvalue weighted by atomic mass is 9.84. The number of amides is 1. The first-order chi connectivity index (χ1) is 58.9. The van der Waals surface area contributed by atoms with E-state index in [4.69, 9.17) is 44.4 Å². The number of nitrogens with one attached hydrogen (secondary N) is 2. The van der Waals surface area contributed by atoms with Crippen molar-refractivity contribution < 1.29 is 27.3 Å². The van der Waals surface area contributed by atoms with Crippen LogP contribution < -0.4 is 35.2 Å². The maximum atomic E-state index is 12.6. The van der Waals surface area contributed by atoms with Crippen LogP contribution in [-0.2, 0) is 50.2 Å². The maximum Gasteiger partial charge on any atom is 0.256 e. The minimum Gasteiger partial charge on any atom is -0.481 e. The van der Waals surface area contributed by atoms with Gasteiger partial charge in [-0.3, -0.25) is 15.0 Å². The predicted octanol–water partition coefficient (Wildman–Crippen LogP) is 22.6. The number of thiol groups is 1. The van der Waals surface area contributed by atoms with Crippen molar-refractivity contribution in [2.24, 2.45) is 0 Å². The topological polar surface area (TPSA) is 288 Å². The van der Waals surface area contributed by atoms with Crippen LogP contribution in [0.4, 0.5) is 28.4 Å². The van der Waals surface area contributed by atoms with Gasteiger partial charge in [0.2, 0.25) is 21.1 Å². The molecule has 4 N–H and O–H groups in total. The van der Waals surface area contributed by atoms with Gasteiger partial charge in [-0.05, 0) is 141 Å². The molecule has 0 spiro atoms. The van der Waals surface area contributed by atoms with Crippen LogP contribution in [-0.4, -0.2) is 70.3 Å². The predicted molar refractivity (Wildman–Crippen MR) is 521 cm³/mol. The molecule has 5 aliphatic rings. The van der Waals surface area contributed by atoms with Gasteiger partial charge in [0.05, 0.1) is 68.7 Å². The fraction of sp³-hybridized carbons (Fsp3) is 0.230. The quantitative estimate of drug-likeness (QED) is 0.0145. The van der Waals surface area contributed by atoms with E-state index in [9.17, 15) is 23.3 Å². The zero-order valence-electron chi connectivity index (χ0n) is 70.7. The summed E-state index contributed by atoms with van der Waals surface area (Å²) in [7, 11) is 2.29. The van der Waals surface area contributed by atoms with Crippen LogP contribution in [0.1, 0.15) is 131 Å². The molecular weight excluding hydrogens is 1670 g/mol. The van der Waals surface area contributed by atoms with Crippen molar-refractivity contribution in [3.63, 3.8) is 0 Å². The highest BCUT2D eigenvalue weighted by molar-refractivity contribution is 8.03. The Morgan fingerprint density at radius 3 is 1.73 bits per heavy atom. The van der Waals surface area contributed by atoms with Crippen molar-refractivity contribution in [1.82, 2.24) is 10.3 Å². The molecule has 7 heterocycles. The lowest BCUT2D eigenvalue weighted by Gasteiger charge is -2.24. The van der Waals surface area contributed by atoms with Crippen LogP contribution >= 0.6 is 59.3 Å². The molecule has 16 rings (SSSR count). The van der Waals surface area contributed by atoms with Gasteiger partial charge < -0.3 is 35.4 Å². The largest absolute Gasteiger partial charge is 0.481 e. The second kappa shape index (κ2) is 45.4. The molecular formula is C100H105N14O5S6+. The van der Waals surface area contributed by atoms with Gasteiger partial charge in [-0.1, -0.05) is 238 Å². The summed E-state index contributed by atoms with van der Waals surface area (Å²) in [6.07, 6.45) is 8.81. The third-order valence-electron chi connectivity index (χ3n) is 20.7. The van der Waals surface area contributed by atoms with Gasteiger partial charge in [-0.25, -0.2) is 13.4 Å². The number of anilines is 5. The number of sulfone groups is 1. The molecule has 125 heavy (non-hydrogen) atoms. The number of hydrogen-bond acceptors (Lipinski definition) is 22. The SMILES string of the molecule is C.C.C=C1N(C)c2ccccc2C1(C)C.CCN1/C(=C(C#N)/C=C/C=C2/C(=O)c3ccccc3S2(=O)=O)Sc2ccccc21.CCOC(=N)CC#N.CC[n+]1c(CC#N)sc2ccccc21.CN1/C(=C\C#N)C(C)(C)c2ccccc21.CN1/C(=C\C(=S)NC(=O)c2ccccc2)C(C)(C)c2ccccc21.N#CCc1nc2ccccc2s1.Nc1ccccc1S. The molecule has 1 amide bonds. The monoisotopic (exact) mass is 1770 g/mol. The number of ketones is 1. The summed E-state index contributed by atoms with van der Waals surface area (Å²) in [4.78, 5) is 39.6. The number of fused-ring (bicyclic) bond motifs is 7. The van der Waals surface area contributed by atoms with Crippen LogP contribution in [0.3, 0.4) is 0 Å². The molecule has 5 aliphatic heterocycles. The Hall–Kier alpha value is -13.0. The molecule has 0 fully saturated rings. The first-order valence-electron chi connectivity index (χ1n) is 39.4. The van der Waals surface area contributed by atoms with E-state index >= 15 is 0 Å². The average molecular weight is 1780 g/mol.